The molecule has 0 fully saturated rings. The van der Waals surface area contributed by atoms with Gasteiger partial charge in [-0.05, 0) is 6.42 Å². The van der Waals surface area contributed by atoms with Crippen LogP contribution in [0.5, 0.6) is 0 Å². The minimum absolute atomic E-state index is 0.186. The number of Topliss-reactive ketones (excluding diaryl/α,β-unsaturated/α-hetero) is 2. The van der Waals surface area contributed by atoms with Crippen LogP contribution >= 0.6 is 11.8 Å². The average Bonchev–Trinajstić information content (AvgIpc) is 2.57. The summed E-state index contributed by atoms with van der Waals surface area (Å²) < 4.78 is 10.1. The molecule has 1 aromatic rings. The molecule has 22 heavy (non-hydrogen) atoms. The molecule has 5 nitrogen and oxygen atoms in total. The summed E-state index contributed by atoms with van der Waals surface area (Å²) in [6.45, 7) is 0. The van der Waals surface area contributed by atoms with Gasteiger partial charge in [-0.3, -0.25) is 14.4 Å². The maximum atomic E-state index is 12.7. The molecule has 0 bridgehead atoms. The van der Waals surface area contributed by atoms with Crippen LogP contribution in [0.2, 0.25) is 0 Å². The molecule has 2 unspecified atom stereocenters. The zero-order valence-electron chi connectivity index (χ0n) is 12.1. The Labute approximate surface area is 131 Å². The van der Waals surface area contributed by atoms with Gasteiger partial charge in [0.15, 0.2) is 11.6 Å². The summed E-state index contributed by atoms with van der Waals surface area (Å²) in [6, 6.07) is 6.72. The molecule has 0 saturated heterocycles. The van der Waals surface area contributed by atoms with Gasteiger partial charge < -0.3 is 9.47 Å². The Morgan fingerprint density at radius 2 is 1.77 bits per heavy atom. The van der Waals surface area contributed by atoms with E-state index in [0.717, 1.165) is 0 Å². The van der Waals surface area contributed by atoms with Gasteiger partial charge in [0, 0.05) is 29.4 Å². The largest absolute Gasteiger partial charge is 0.468 e. The minimum atomic E-state index is -0.641. The van der Waals surface area contributed by atoms with E-state index >= 15 is 0 Å². The first kappa shape index (κ1) is 15.0. The molecule has 0 spiro atoms. The maximum Gasteiger partial charge on any atom is 0.319 e. The molecule has 1 aromatic carbocycles. The van der Waals surface area contributed by atoms with E-state index in [1.165, 1.54) is 26.0 Å². The topological polar surface area (TPSA) is 69.7 Å². The number of ether oxygens (including phenoxy) is 2. The van der Waals surface area contributed by atoms with Crippen LogP contribution < -0.4 is 0 Å². The third-order valence-corrected chi connectivity index (χ3v) is 5.21. The van der Waals surface area contributed by atoms with Crippen LogP contribution in [0, 0.1) is 0 Å². The molecule has 1 heterocycles. The molecule has 0 saturated carbocycles. The minimum Gasteiger partial charge on any atom is -0.468 e. The van der Waals surface area contributed by atoms with Crippen molar-refractivity contribution in [3.8, 4) is 0 Å². The van der Waals surface area contributed by atoms with Crippen molar-refractivity contribution in [3.63, 3.8) is 0 Å². The maximum absolute atomic E-state index is 12.7. The lowest BCUT2D eigenvalue weighted by atomic mass is 9.82. The number of esters is 1. The first-order valence-electron chi connectivity index (χ1n) is 6.76. The Morgan fingerprint density at radius 3 is 2.36 bits per heavy atom. The molecule has 2 atom stereocenters. The van der Waals surface area contributed by atoms with Crippen molar-refractivity contribution in [2.75, 3.05) is 14.2 Å². The summed E-state index contributed by atoms with van der Waals surface area (Å²) >= 11 is 1.20. The Balaban J connectivity index is 2.10. The van der Waals surface area contributed by atoms with E-state index in [1.54, 1.807) is 24.3 Å². The Morgan fingerprint density at radius 1 is 1.14 bits per heavy atom. The first-order chi connectivity index (χ1) is 10.6. The average molecular weight is 318 g/mol. The third-order valence-electron chi connectivity index (χ3n) is 3.85. The number of allylic oxidation sites excluding steroid dienone is 1. The van der Waals surface area contributed by atoms with Crippen LogP contribution in [0.15, 0.2) is 35.4 Å². The van der Waals surface area contributed by atoms with Gasteiger partial charge in [0.25, 0.3) is 0 Å². The monoisotopic (exact) mass is 318 g/mol. The smallest absolute Gasteiger partial charge is 0.319 e. The molecule has 2 aliphatic rings. The summed E-state index contributed by atoms with van der Waals surface area (Å²) in [5.74, 6) is -0.827. The Hall–Kier alpha value is -1.92. The van der Waals surface area contributed by atoms with Crippen molar-refractivity contribution in [3.05, 3.63) is 46.5 Å². The highest BCUT2D eigenvalue weighted by molar-refractivity contribution is 8.01. The highest BCUT2D eigenvalue weighted by atomic mass is 32.2. The van der Waals surface area contributed by atoms with Crippen LogP contribution in [-0.4, -0.2) is 42.4 Å². The highest BCUT2D eigenvalue weighted by Gasteiger charge is 2.43. The molecular formula is C16H14O5S. The van der Waals surface area contributed by atoms with Crippen molar-refractivity contribution >= 4 is 29.3 Å². The predicted molar refractivity (Wildman–Crippen MR) is 80.9 cm³/mol. The number of carbonyl (C=O) groups is 3. The van der Waals surface area contributed by atoms with Crippen molar-refractivity contribution in [1.82, 2.24) is 0 Å². The number of hydrogen-bond donors (Lipinski definition) is 0. The zero-order chi connectivity index (χ0) is 15.9. The van der Waals surface area contributed by atoms with Gasteiger partial charge >= 0.3 is 5.97 Å². The SMILES string of the molecule is COC(=O)C1CC2=C(C(=O)c3ccccc3C2=O)C(OC)S1. The van der Waals surface area contributed by atoms with E-state index in [9.17, 15) is 14.4 Å². The molecule has 0 aromatic heterocycles. The Kier molecular flexibility index (Phi) is 3.88. The zero-order valence-corrected chi connectivity index (χ0v) is 12.9. The number of carbonyl (C=O) groups excluding carboxylic acids is 3. The lowest BCUT2D eigenvalue weighted by Gasteiger charge is -2.32. The van der Waals surface area contributed by atoms with Crippen molar-refractivity contribution in [2.45, 2.75) is 17.1 Å². The standard InChI is InChI=1S/C16H14O5S/c1-20-15(19)11-7-10-12(16(21-2)22-11)14(18)9-6-4-3-5-8(9)13(10)17/h3-6,11,16H,7H2,1-2H3. The van der Waals surface area contributed by atoms with Gasteiger partial charge in [-0.25, -0.2) is 0 Å². The summed E-state index contributed by atoms with van der Waals surface area (Å²) in [5, 5.41) is -0.546. The van der Waals surface area contributed by atoms with Gasteiger partial charge in [0.2, 0.25) is 0 Å². The van der Waals surface area contributed by atoms with E-state index < -0.39 is 16.7 Å². The van der Waals surface area contributed by atoms with Gasteiger partial charge in [-0.1, -0.05) is 24.3 Å². The fourth-order valence-electron chi connectivity index (χ4n) is 2.79. The third kappa shape index (κ3) is 2.19. The van der Waals surface area contributed by atoms with Crippen molar-refractivity contribution < 1.29 is 23.9 Å². The van der Waals surface area contributed by atoms with Crippen LogP contribution in [0.25, 0.3) is 0 Å². The van der Waals surface area contributed by atoms with E-state index in [-0.39, 0.29) is 18.0 Å². The molecule has 0 radical (unpaired) electrons. The lowest BCUT2D eigenvalue weighted by molar-refractivity contribution is -0.140. The molecule has 3 rings (SSSR count). The van der Waals surface area contributed by atoms with E-state index in [2.05, 4.69) is 0 Å². The van der Waals surface area contributed by atoms with E-state index in [0.29, 0.717) is 22.3 Å². The molecule has 114 valence electrons. The first-order valence-corrected chi connectivity index (χ1v) is 7.70. The lowest BCUT2D eigenvalue weighted by Crippen LogP contribution is -2.37. The van der Waals surface area contributed by atoms with Crippen LogP contribution in [0.3, 0.4) is 0 Å². The number of hydrogen-bond acceptors (Lipinski definition) is 6. The fourth-order valence-corrected chi connectivity index (χ4v) is 4.06. The molecular weight excluding hydrogens is 304 g/mol. The van der Waals surface area contributed by atoms with Gasteiger partial charge in [0.05, 0.1) is 7.11 Å². The van der Waals surface area contributed by atoms with Crippen molar-refractivity contribution in [1.29, 1.82) is 0 Å². The second-order valence-electron chi connectivity index (χ2n) is 5.02. The summed E-state index contributed by atoms with van der Waals surface area (Å²) in [6.07, 6.45) is 0.186. The summed E-state index contributed by atoms with van der Waals surface area (Å²) in [4.78, 5) is 37.2. The number of benzene rings is 1. The second kappa shape index (κ2) is 5.70. The van der Waals surface area contributed by atoms with Gasteiger partial charge in [-0.15, -0.1) is 11.8 Å². The number of fused-ring (bicyclic) bond motifs is 1. The van der Waals surface area contributed by atoms with E-state index in [4.69, 9.17) is 9.47 Å². The van der Waals surface area contributed by atoms with Crippen LogP contribution in [0.1, 0.15) is 27.1 Å². The Bertz CT molecular complexity index is 706. The molecule has 0 N–H and O–H groups in total. The van der Waals surface area contributed by atoms with Crippen molar-refractivity contribution in [2.24, 2.45) is 0 Å². The molecule has 1 aliphatic carbocycles. The van der Waals surface area contributed by atoms with Crippen LogP contribution in [-0.2, 0) is 14.3 Å². The molecule has 0 amide bonds. The number of thioether (sulfide) groups is 1. The number of methoxy groups -OCH3 is 2. The quantitative estimate of drug-likeness (QED) is 0.777. The number of ketones is 2. The second-order valence-corrected chi connectivity index (χ2v) is 6.29. The van der Waals surface area contributed by atoms with Gasteiger partial charge in [0.1, 0.15) is 10.7 Å². The summed E-state index contributed by atoms with van der Waals surface area (Å²) in [7, 11) is 2.76. The molecule has 1 aliphatic heterocycles. The number of rotatable bonds is 2. The van der Waals surface area contributed by atoms with E-state index in [1.807, 2.05) is 0 Å². The normalized spacial score (nSPS) is 23.9. The summed E-state index contributed by atoms with van der Waals surface area (Å²) in [5.41, 5.74) is 0.862. The van der Waals surface area contributed by atoms with Crippen LogP contribution in [0.4, 0.5) is 0 Å². The molecule has 6 heteroatoms. The van der Waals surface area contributed by atoms with Gasteiger partial charge in [-0.2, -0.15) is 0 Å². The fraction of sp³-hybridized carbons (Fsp3) is 0.312. The predicted octanol–water partition coefficient (Wildman–Crippen LogP) is 2.01. The highest BCUT2D eigenvalue weighted by Crippen LogP contribution is 2.42.